The van der Waals surface area contributed by atoms with Gasteiger partial charge in [-0.25, -0.2) is 4.79 Å². The van der Waals surface area contributed by atoms with Gasteiger partial charge in [0.2, 0.25) is 0 Å². The van der Waals surface area contributed by atoms with Gasteiger partial charge < -0.3 is 15.1 Å². The maximum atomic E-state index is 13.1. The van der Waals surface area contributed by atoms with Crippen molar-refractivity contribution in [1.82, 2.24) is 9.88 Å². The topological polar surface area (TPSA) is 51.7 Å². The number of carbonyl (C=O) groups is 1. The molecule has 1 fully saturated rings. The summed E-state index contributed by atoms with van der Waals surface area (Å²) in [6.45, 7) is 4.51. The van der Waals surface area contributed by atoms with Crippen molar-refractivity contribution in [1.29, 1.82) is 0 Å². The molecule has 5 rings (SSSR count). The van der Waals surface area contributed by atoms with Crippen LogP contribution in [-0.4, -0.2) is 55.7 Å². The van der Waals surface area contributed by atoms with Gasteiger partial charge in [0.25, 0.3) is 0 Å². The van der Waals surface area contributed by atoms with Crippen LogP contribution in [0.2, 0.25) is 5.02 Å². The zero-order valence-corrected chi connectivity index (χ0v) is 18.8. The minimum Gasteiger partial charge on any atom is -0.368 e. The Bertz CT molecular complexity index is 1110. The fourth-order valence-corrected chi connectivity index (χ4v) is 4.64. The van der Waals surface area contributed by atoms with Gasteiger partial charge in [-0.2, -0.15) is 0 Å². The van der Waals surface area contributed by atoms with Crippen LogP contribution >= 0.6 is 11.6 Å². The molecular weight excluding hydrogens is 422 g/mol. The number of pyridine rings is 1. The highest BCUT2D eigenvalue weighted by molar-refractivity contribution is 6.33. The molecule has 0 radical (unpaired) electrons. The third-order valence-corrected chi connectivity index (χ3v) is 6.52. The molecule has 0 atom stereocenters. The number of aromatic nitrogens is 1. The molecule has 6 nitrogen and oxygen atoms in total. The van der Waals surface area contributed by atoms with Crippen molar-refractivity contribution in [2.75, 3.05) is 54.9 Å². The van der Waals surface area contributed by atoms with Crippen LogP contribution in [0.4, 0.5) is 21.9 Å². The number of amides is 2. The Labute approximate surface area is 193 Å². The van der Waals surface area contributed by atoms with Crippen molar-refractivity contribution in [2.45, 2.75) is 6.42 Å². The van der Waals surface area contributed by atoms with E-state index in [1.54, 1.807) is 11.1 Å². The maximum absolute atomic E-state index is 13.1. The summed E-state index contributed by atoms with van der Waals surface area (Å²) in [4.78, 5) is 24.0. The second-order valence-corrected chi connectivity index (χ2v) is 8.76. The number of anilines is 3. The van der Waals surface area contributed by atoms with E-state index in [0.29, 0.717) is 12.2 Å². The molecule has 1 N–H and O–H groups in total. The SMILES string of the molecule is CN1CCN(c2cc3c(cc2Cl)CCN3C(=O)Nc2ccc(-c3ccccc3)nc2)CC1. The lowest BCUT2D eigenvalue weighted by atomic mass is 10.1. The average Bonchev–Trinajstić information content (AvgIpc) is 3.23. The van der Waals surface area contributed by atoms with Crippen LogP contribution in [0.5, 0.6) is 0 Å². The number of urea groups is 1. The van der Waals surface area contributed by atoms with Gasteiger partial charge in [-0.1, -0.05) is 41.9 Å². The Morgan fingerprint density at radius 1 is 0.969 bits per heavy atom. The molecule has 1 aromatic heterocycles. The van der Waals surface area contributed by atoms with Gasteiger partial charge in [0, 0.05) is 38.3 Å². The van der Waals surface area contributed by atoms with Crippen molar-refractivity contribution in [3.63, 3.8) is 0 Å². The van der Waals surface area contributed by atoms with Gasteiger partial charge >= 0.3 is 6.03 Å². The second kappa shape index (κ2) is 8.81. The molecule has 0 unspecified atom stereocenters. The number of hydrogen-bond donors (Lipinski definition) is 1. The van der Waals surface area contributed by atoms with E-state index in [0.717, 1.165) is 65.8 Å². The van der Waals surface area contributed by atoms with Crippen molar-refractivity contribution in [3.05, 3.63) is 71.4 Å². The first kappa shape index (κ1) is 20.8. The lowest BCUT2D eigenvalue weighted by molar-refractivity contribution is 0.257. The normalized spacial score (nSPS) is 16.2. The number of hydrogen-bond acceptors (Lipinski definition) is 4. The summed E-state index contributed by atoms with van der Waals surface area (Å²) in [6.07, 6.45) is 2.51. The number of rotatable bonds is 3. The summed E-state index contributed by atoms with van der Waals surface area (Å²) in [5.41, 5.74) is 5.66. The predicted octanol–water partition coefficient (Wildman–Crippen LogP) is 4.75. The molecule has 7 heteroatoms. The summed E-state index contributed by atoms with van der Waals surface area (Å²) < 4.78 is 0. The van der Waals surface area contributed by atoms with E-state index in [1.807, 2.05) is 48.5 Å². The summed E-state index contributed by atoms with van der Waals surface area (Å²) in [5.74, 6) is 0. The molecule has 2 amide bonds. The van der Waals surface area contributed by atoms with E-state index < -0.39 is 0 Å². The average molecular weight is 448 g/mol. The van der Waals surface area contributed by atoms with E-state index in [-0.39, 0.29) is 6.03 Å². The summed E-state index contributed by atoms with van der Waals surface area (Å²) in [6, 6.07) is 17.8. The van der Waals surface area contributed by atoms with Gasteiger partial charge in [-0.15, -0.1) is 0 Å². The van der Waals surface area contributed by atoms with Crippen LogP contribution in [0.3, 0.4) is 0 Å². The number of carbonyl (C=O) groups excluding carboxylic acids is 1. The molecule has 2 aliphatic rings. The largest absolute Gasteiger partial charge is 0.368 e. The molecule has 2 aromatic carbocycles. The Kier molecular flexibility index (Phi) is 5.72. The van der Waals surface area contributed by atoms with E-state index in [4.69, 9.17) is 11.6 Å². The number of fused-ring (bicyclic) bond motifs is 1. The first-order chi connectivity index (χ1) is 15.6. The van der Waals surface area contributed by atoms with E-state index >= 15 is 0 Å². The fourth-order valence-electron chi connectivity index (χ4n) is 4.34. The number of nitrogens with zero attached hydrogens (tertiary/aromatic N) is 4. The van der Waals surface area contributed by atoms with E-state index in [2.05, 4.69) is 33.2 Å². The number of piperazine rings is 1. The van der Waals surface area contributed by atoms with Crippen LogP contribution in [0.25, 0.3) is 11.3 Å². The monoisotopic (exact) mass is 447 g/mol. The van der Waals surface area contributed by atoms with Crippen molar-refractivity contribution < 1.29 is 4.79 Å². The minimum absolute atomic E-state index is 0.148. The molecule has 0 saturated carbocycles. The molecule has 1 saturated heterocycles. The highest BCUT2D eigenvalue weighted by atomic mass is 35.5. The van der Waals surface area contributed by atoms with Crippen LogP contribution < -0.4 is 15.1 Å². The van der Waals surface area contributed by atoms with Crippen molar-refractivity contribution >= 4 is 34.7 Å². The molecule has 3 heterocycles. The molecule has 0 spiro atoms. The minimum atomic E-state index is -0.148. The number of halogens is 1. The Morgan fingerprint density at radius 3 is 2.47 bits per heavy atom. The number of likely N-dealkylation sites (N-methyl/N-ethyl adjacent to an activating group) is 1. The van der Waals surface area contributed by atoms with Crippen molar-refractivity contribution in [2.24, 2.45) is 0 Å². The first-order valence-electron chi connectivity index (χ1n) is 10.9. The van der Waals surface area contributed by atoms with Gasteiger partial charge in [-0.3, -0.25) is 9.88 Å². The Balaban J connectivity index is 1.32. The Hall–Kier alpha value is -3.09. The smallest absolute Gasteiger partial charge is 0.326 e. The lowest BCUT2D eigenvalue weighted by Crippen LogP contribution is -2.44. The quantitative estimate of drug-likeness (QED) is 0.629. The molecule has 3 aromatic rings. The highest BCUT2D eigenvalue weighted by Crippen LogP contribution is 2.38. The number of nitrogens with one attached hydrogen (secondary N) is 1. The van der Waals surface area contributed by atoms with Crippen LogP contribution in [-0.2, 0) is 6.42 Å². The van der Waals surface area contributed by atoms with Crippen LogP contribution in [0.1, 0.15) is 5.56 Å². The summed E-state index contributed by atoms with van der Waals surface area (Å²) >= 11 is 6.62. The molecule has 0 bridgehead atoms. The molecule has 0 aliphatic carbocycles. The van der Waals surface area contributed by atoms with Gasteiger partial charge in [-0.05, 0) is 43.3 Å². The number of benzene rings is 2. The fraction of sp³-hybridized carbons (Fsp3) is 0.280. The van der Waals surface area contributed by atoms with Crippen molar-refractivity contribution in [3.8, 4) is 11.3 Å². The Morgan fingerprint density at radius 2 is 1.75 bits per heavy atom. The summed E-state index contributed by atoms with van der Waals surface area (Å²) in [7, 11) is 2.13. The van der Waals surface area contributed by atoms with Crippen LogP contribution in [0.15, 0.2) is 60.8 Å². The lowest BCUT2D eigenvalue weighted by Gasteiger charge is -2.35. The van der Waals surface area contributed by atoms with Crippen LogP contribution in [0, 0.1) is 0 Å². The summed E-state index contributed by atoms with van der Waals surface area (Å²) in [5, 5.41) is 3.75. The third-order valence-electron chi connectivity index (χ3n) is 6.22. The maximum Gasteiger partial charge on any atom is 0.326 e. The molecular formula is C25H26ClN5O. The molecule has 164 valence electrons. The first-order valence-corrected chi connectivity index (χ1v) is 11.3. The standard InChI is InChI=1S/C25H26ClN5O/c1-29-11-13-30(14-12-29)24-16-23-19(15-21(24)26)9-10-31(23)25(32)28-20-7-8-22(27-17-20)18-5-3-2-4-6-18/h2-8,15-17H,9-14H2,1H3,(H,28,32). The second-order valence-electron chi connectivity index (χ2n) is 8.35. The zero-order chi connectivity index (χ0) is 22.1. The predicted molar refractivity (Wildman–Crippen MR) is 131 cm³/mol. The van der Waals surface area contributed by atoms with E-state index in [1.165, 1.54) is 0 Å². The highest BCUT2D eigenvalue weighted by Gasteiger charge is 2.28. The van der Waals surface area contributed by atoms with Gasteiger partial charge in [0.15, 0.2) is 0 Å². The third kappa shape index (κ3) is 4.16. The van der Waals surface area contributed by atoms with Gasteiger partial charge in [0.05, 0.1) is 34.0 Å². The zero-order valence-electron chi connectivity index (χ0n) is 18.1. The van der Waals surface area contributed by atoms with E-state index in [9.17, 15) is 4.79 Å². The molecule has 32 heavy (non-hydrogen) atoms. The molecule has 2 aliphatic heterocycles. The van der Waals surface area contributed by atoms with Gasteiger partial charge in [0.1, 0.15) is 0 Å².